The predicted octanol–water partition coefficient (Wildman–Crippen LogP) is 6.66. The van der Waals surface area contributed by atoms with E-state index in [1.165, 1.54) is 31.4 Å². The number of esters is 1. The van der Waals surface area contributed by atoms with Gasteiger partial charge in [-0.15, -0.1) is 0 Å². The van der Waals surface area contributed by atoms with Gasteiger partial charge in [0.2, 0.25) is 0 Å². The summed E-state index contributed by atoms with van der Waals surface area (Å²) in [5.41, 5.74) is 0.956. The topological polar surface area (TPSA) is 60.8 Å². The molecular weight excluding hydrogens is 518 g/mol. The number of likely N-dealkylation sites (tertiary alicyclic amines) is 1. The summed E-state index contributed by atoms with van der Waals surface area (Å²) in [4.78, 5) is 28.6. The van der Waals surface area contributed by atoms with Gasteiger partial charge in [-0.3, -0.25) is 9.36 Å². The van der Waals surface area contributed by atoms with Gasteiger partial charge < -0.3 is 14.1 Å². The maximum absolute atomic E-state index is 14.3. The van der Waals surface area contributed by atoms with Crippen LogP contribution in [0.15, 0.2) is 48.5 Å². The number of amides is 1. The summed E-state index contributed by atoms with van der Waals surface area (Å²) in [6, 6.07) is 12.0. The number of nitrogens with zero attached hydrogens (tertiary/aromatic N) is 2. The average molecular weight is 557 g/mol. The summed E-state index contributed by atoms with van der Waals surface area (Å²) in [5.74, 6) is -1.21. The second-order valence-corrected chi connectivity index (χ2v) is 16.7. The number of rotatable bonds is 6. The first-order valence-electron chi connectivity index (χ1n) is 13.4. The van der Waals surface area contributed by atoms with E-state index < -0.39 is 25.5 Å². The minimum absolute atomic E-state index is 0.0586. The molecule has 39 heavy (non-hydrogen) atoms. The highest BCUT2D eigenvalue weighted by atomic mass is 28.4. The molecule has 1 aromatic heterocycles. The van der Waals surface area contributed by atoms with E-state index in [1.54, 1.807) is 27.7 Å². The van der Waals surface area contributed by atoms with Crippen LogP contribution in [0.1, 0.15) is 44.9 Å². The third kappa shape index (κ3) is 5.65. The molecule has 0 radical (unpaired) electrons. The first kappa shape index (κ1) is 29.0. The number of carbonyl (C=O) groups is 2. The van der Waals surface area contributed by atoms with Gasteiger partial charge in [0, 0.05) is 37.2 Å². The van der Waals surface area contributed by atoms with Crippen LogP contribution in [0.4, 0.5) is 13.6 Å². The number of hydrogen-bond donors (Lipinski definition) is 0. The Morgan fingerprint density at radius 1 is 0.974 bits per heavy atom. The molecule has 9 heteroatoms. The number of methoxy groups -OCH3 is 1. The van der Waals surface area contributed by atoms with E-state index in [0.29, 0.717) is 50.0 Å². The van der Waals surface area contributed by atoms with Crippen LogP contribution in [0.5, 0.6) is 0 Å². The zero-order valence-electron chi connectivity index (χ0n) is 23.6. The number of benzene rings is 2. The average Bonchev–Trinajstić information content (AvgIpc) is 3.24. The molecule has 0 saturated carbocycles. The fraction of sp³-hybridized carbons (Fsp3) is 0.467. The lowest BCUT2D eigenvalue weighted by molar-refractivity contribution is -0.149. The highest BCUT2D eigenvalue weighted by molar-refractivity contribution is 6.74. The Kier molecular flexibility index (Phi) is 8.05. The molecular formula is C30H38F2N2O4Si. The number of piperidine rings is 1. The Morgan fingerprint density at radius 2 is 1.59 bits per heavy atom. The van der Waals surface area contributed by atoms with Crippen molar-refractivity contribution in [3.63, 3.8) is 0 Å². The number of hydrogen-bond acceptors (Lipinski definition) is 4. The molecule has 1 saturated heterocycles. The number of aromatic nitrogens is 1. The van der Waals surface area contributed by atoms with E-state index in [1.807, 2.05) is 6.07 Å². The highest BCUT2D eigenvalue weighted by Gasteiger charge is 2.45. The summed E-state index contributed by atoms with van der Waals surface area (Å²) in [6.07, 6.45) is 1.16. The normalized spacial score (nSPS) is 15.9. The Labute approximate surface area is 230 Å². The molecule has 0 unspecified atom stereocenters. The van der Waals surface area contributed by atoms with Crippen molar-refractivity contribution < 1.29 is 27.5 Å². The molecule has 1 amide bonds. The monoisotopic (exact) mass is 556 g/mol. The van der Waals surface area contributed by atoms with Crippen molar-refractivity contribution in [2.45, 2.75) is 63.6 Å². The third-order valence-corrected chi connectivity index (χ3v) is 13.1. The lowest BCUT2D eigenvalue weighted by Crippen LogP contribution is -2.50. The van der Waals surface area contributed by atoms with Gasteiger partial charge in [-0.05, 0) is 72.9 Å². The number of fused-ring (bicyclic) bond motifs is 1. The maximum atomic E-state index is 14.3. The predicted molar refractivity (Wildman–Crippen MR) is 150 cm³/mol. The molecule has 6 nitrogen and oxygen atoms in total. The lowest BCUT2D eigenvalue weighted by Gasteiger charge is -2.40. The standard InChI is InChI=1S/C30H38F2N2O4Si/c1-29(2,3)39(5,6)38-18-13-25-19-21-7-10-24(32)20-26(21)34(25)28(36)33-16-14-30(15-17-33,27(35)37-4)22-8-11-23(31)12-9-22/h7-12,19-20H,13-18H2,1-6H3. The van der Waals surface area contributed by atoms with Crippen molar-refractivity contribution >= 4 is 31.2 Å². The van der Waals surface area contributed by atoms with Crippen LogP contribution < -0.4 is 0 Å². The van der Waals surface area contributed by atoms with Crippen LogP contribution in [0.3, 0.4) is 0 Å². The summed E-state index contributed by atoms with van der Waals surface area (Å²) < 4.78 is 41.0. The van der Waals surface area contributed by atoms with Gasteiger partial charge in [0.05, 0.1) is 18.0 Å². The van der Waals surface area contributed by atoms with Gasteiger partial charge in [-0.1, -0.05) is 32.9 Å². The minimum Gasteiger partial charge on any atom is -0.468 e. The third-order valence-electron chi connectivity index (χ3n) is 8.52. The summed E-state index contributed by atoms with van der Waals surface area (Å²) in [7, 11) is -0.645. The van der Waals surface area contributed by atoms with Crippen LogP contribution in [0, 0.1) is 11.6 Å². The van der Waals surface area contributed by atoms with Crippen molar-refractivity contribution in [2.24, 2.45) is 0 Å². The SMILES string of the molecule is COC(=O)C1(c2ccc(F)cc2)CCN(C(=O)n2c(CCO[Si](C)(C)C(C)(C)C)cc3ccc(F)cc32)CC1. The van der Waals surface area contributed by atoms with Gasteiger partial charge in [-0.2, -0.15) is 0 Å². The van der Waals surface area contributed by atoms with Gasteiger partial charge in [0.25, 0.3) is 0 Å². The molecule has 0 atom stereocenters. The molecule has 1 aliphatic rings. The minimum atomic E-state index is -1.98. The lowest BCUT2D eigenvalue weighted by atomic mass is 9.72. The fourth-order valence-corrected chi connectivity index (χ4v) is 6.11. The zero-order chi connectivity index (χ0) is 28.6. The molecule has 0 bridgehead atoms. The van der Waals surface area contributed by atoms with Crippen molar-refractivity contribution in [1.82, 2.24) is 9.47 Å². The number of carbonyl (C=O) groups excluding carboxylic acids is 2. The summed E-state index contributed by atoms with van der Waals surface area (Å²) in [6.45, 7) is 12.0. The number of ether oxygens (including phenoxy) is 1. The van der Waals surface area contributed by atoms with Crippen molar-refractivity contribution in [3.05, 3.63) is 71.4 Å². The van der Waals surface area contributed by atoms with Gasteiger partial charge >= 0.3 is 12.0 Å². The van der Waals surface area contributed by atoms with Crippen LogP contribution >= 0.6 is 0 Å². The van der Waals surface area contributed by atoms with Crippen LogP contribution in [0.2, 0.25) is 18.1 Å². The Balaban J connectivity index is 1.60. The molecule has 210 valence electrons. The van der Waals surface area contributed by atoms with Gasteiger partial charge in [0.15, 0.2) is 8.32 Å². The Morgan fingerprint density at radius 3 is 2.18 bits per heavy atom. The van der Waals surface area contributed by atoms with Crippen LogP contribution in [-0.2, 0) is 25.8 Å². The smallest absolute Gasteiger partial charge is 0.328 e. The molecule has 1 aliphatic heterocycles. The summed E-state index contributed by atoms with van der Waals surface area (Å²) >= 11 is 0. The van der Waals surface area contributed by atoms with E-state index in [0.717, 1.165) is 11.1 Å². The largest absolute Gasteiger partial charge is 0.468 e. The van der Waals surface area contributed by atoms with E-state index in [4.69, 9.17) is 9.16 Å². The van der Waals surface area contributed by atoms with Crippen LogP contribution in [0.25, 0.3) is 10.9 Å². The van der Waals surface area contributed by atoms with Gasteiger partial charge in [-0.25, -0.2) is 13.6 Å². The first-order chi connectivity index (χ1) is 18.3. The first-order valence-corrected chi connectivity index (χ1v) is 16.3. The van der Waals surface area contributed by atoms with E-state index >= 15 is 0 Å². The maximum Gasteiger partial charge on any atom is 0.328 e. The Bertz CT molecular complexity index is 1350. The molecule has 3 aromatic rings. The molecule has 2 aromatic carbocycles. The second-order valence-electron chi connectivity index (χ2n) is 11.9. The molecule has 2 heterocycles. The molecule has 0 spiro atoms. The van der Waals surface area contributed by atoms with E-state index in [9.17, 15) is 18.4 Å². The zero-order valence-corrected chi connectivity index (χ0v) is 24.6. The Hall–Kier alpha value is -3.04. The van der Waals surface area contributed by atoms with Crippen molar-refractivity contribution in [3.8, 4) is 0 Å². The van der Waals surface area contributed by atoms with Crippen molar-refractivity contribution in [1.29, 1.82) is 0 Å². The molecule has 0 N–H and O–H groups in total. The molecule has 1 fully saturated rings. The molecule has 4 rings (SSSR count). The summed E-state index contributed by atoms with van der Waals surface area (Å²) in [5, 5.41) is 0.836. The second kappa shape index (κ2) is 10.8. The molecule has 0 aliphatic carbocycles. The van der Waals surface area contributed by atoms with Gasteiger partial charge in [0.1, 0.15) is 11.6 Å². The van der Waals surface area contributed by atoms with E-state index in [2.05, 4.69) is 33.9 Å². The van der Waals surface area contributed by atoms with Crippen molar-refractivity contribution in [2.75, 3.05) is 26.8 Å². The highest BCUT2D eigenvalue weighted by Crippen LogP contribution is 2.38. The fourth-order valence-electron chi connectivity index (χ4n) is 5.06. The number of halogens is 2. The van der Waals surface area contributed by atoms with E-state index in [-0.39, 0.29) is 16.9 Å². The van der Waals surface area contributed by atoms with Crippen LogP contribution in [-0.4, -0.2) is 56.6 Å². The quantitative estimate of drug-likeness (QED) is 0.252.